The van der Waals surface area contributed by atoms with Crippen LogP contribution in [0, 0.1) is 0 Å². The van der Waals surface area contributed by atoms with E-state index in [9.17, 15) is 0 Å². The van der Waals surface area contributed by atoms with Crippen molar-refractivity contribution >= 4 is 5.84 Å². The Hall–Kier alpha value is -1.32. The number of nitrogens with one attached hydrogen (secondary N) is 1. The standard InChI is InChI=1S/C9H14N4/c1-2-9(11-3-1)12-5-7-13-6-4-10-8-13/h4,6,8H,1-3,5,7H2,(H,11,12). The average molecular weight is 178 g/mol. The molecule has 0 saturated carbocycles. The third-order valence-electron chi connectivity index (χ3n) is 2.13. The number of amidine groups is 1. The van der Waals surface area contributed by atoms with Crippen LogP contribution in [0.5, 0.6) is 0 Å². The van der Waals surface area contributed by atoms with Crippen LogP contribution in [0.4, 0.5) is 0 Å². The summed E-state index contributed by atoms with van der Waals surface area (Å²) in [4.78, 5) is 8.31. The highest BCUT2D eigenvalue weighted by atomic mass is 15.1. The second-order valence-corrected chi connectivity index (χ2v) is 3.16. The Labute approximate surface area is 77.7 Å². The van der Waals surface area contributed by atoms with Crippen molar-refractivity contribution < 1.29 is 0 Å². The minimum absolute atomic E-state index is 0.940. The molecule has 1 aromatic rings. The highest BCUT2D eigenvalue weighted by Gasteiger charge is 2.03. The summed E-state index contributed by atoms with van der Waals surface area (Å²) in [7, 11) is 0. The predicted octanol–water partition coefficient (Wildman–Crippen LogP) is 0.665. The van der Waals surface area contributed by atoms with Crippen molar-refractivity contribution in [2.24, 2.45) is 4.99 Å². The summed E-state index contributed by atoms with van der Waals surface area (Å²) < 4.78 is 2.06. The van der Waals surface area contributed by atoms with Crippen LogP contribution in [0.15, 0.2) is 23.7 Å². The minimum Gasteiger partial charge on any atom is -0.372 e. The van der Waals surface area contributed by atoms with Gasteiger partial charge in [0.05, 0.1) is 12.2 Å². The normalized spacial score (nSPS) is 15.8. The van der Waals surface area contributed by atoms with E-state index >= 15 is 0 Å². The summed E-state index contributed by atoms with van der Waals surface area (Å²) in [5, 5.41) is 3.32. The molecule has 0 unspecified atom stereocenters. The quantitative estimate of drug-likeness (QED) is 0.739. The molecule has 0 aliphatic carbocycles. The first kappa shape index (κ1) is 8.29. The summed E-state index contributed by atoms with van der Waals surface area (Å²) in [6, 6.07) is 0. The summed E-state index contributed by atoms with van der Waals surface area (Å²) >= 11 is 0. The van der Waals surface area contributed by atoms with Gasteiger partial charge in [-0.05, 0) is 6.42 Å². The third kappa shape index (κ3) is 2.31. The maximum atomic E-state index is 4.34. The Morgan fingerprint density at radius 1 is 1.54 bits per heavy atom. The van der Waals surface area contributed by atoms with Gasteiger partial charge in [0.25, 0.3) is 0 Å². The van der Waals surface area contributed by atoms with Crippen LogP contribution in [-0.2, 0) is 6.54 Å². The summed E-state index contributed by atoms with van der Waals surface area (Å²) in [6.07, 6.45) is 7.92. The monoisotopic (exact) mass is 178 g/mol. The van der Waals surface area contributed by atoms with Crippen LogP contribution >= 0.6 is 0 Å². The number of aliphatic imine (C=N–C) groups is 1. The molecule has 1 aliphatic rings. The number of aromatic nitrogens is 2. The van der Waals surface area contributed by atoms with Crippen molar-refractivity contribution in [3.8, 4) is 0 Å². The lowest BCUT2D eigenvalue weighted by Crippen LogP contribution is -2.25. The van der Waals surface area contributed by atoms with Gasteiger partial charge < -0.3 is 9.88 Å². The molecule has 13 heavy (non-hydrogen) atoms. The van der Waals surface area contributed by atoms with E-state index in [4.69, 9.17) is 0 Å². The molecule has 0 aromatic carbocycles. The Kier molecular flexibility index (Phi) is 2.59. The molecule has 0 amide bonds. The van der Waals surface area contributed by atoms with Crippen molar-refractivity contribution in [2.45, 2.75) is 19.4 Å². The van der Waals surface area contributed by atoms with E-state index in [1.165, 1.54) is 12.3 Å². The second-order valence-electron chi connectivity index (χ2n) is 3.16. The van der Waals surface area contributed by atoms with Crippen LogP contribution in [0.25, 0.3) is 0 Å². The van der Waals surface area contributed by atoms with E-state index in [0.717, 1.165) is 26.1 Å². The Morgan fingerprint density at radius 2 is 2.54 bits per heavy atom. The zero-order valence-electron chi connectivity index (χ0n) is 7.61. The van der Waals surface area contributed by atoms with Crippen molar-refractivity contribution in [1.82, 2.24) is 14.9 Å². The highest BCUT2D eigenvalue weighted by Crippen LogP contribution is 2.00. The fourth-order valence-corrected chi connectivity index (χ4v) is 1.43. The van der Waals surface area contributed by atoms with Crippen molar-refractivity contribution in [3.05, 3.63) is 18.7 Å². The number of hydrogen-bond donors (Lipinski definition) is 1. The Balaban J connectivity index is 1.69. The molecule has 1 aromatic heterocycles. The zero-order valence-corrected chi connectivity index (χ0v) is 7.61. The van der Waals surface area contributed by atoms with Gasteiger partial charge in [0, 0.05) is 38.4 Å². The van der Waals surface area contributed by atoms with Crippen LogP contribution in [0.2, 0.25) is 0 Å². The van der Waals surface area contributed by atoms with Gasteiger partial charge in [0.1, 0.15) is 0 Å². The molecular formula is C9H14N4. The molecule has 1 N–H and O–H groups in total. The number of hydrogen-bond acceptors (Lipinski definition) is 3. The van der Waals surface area contributed by atoms with Gasteiger partial charge in [-0.15, -0.1) is 0 Å². The molecule has 4 heteroatoms. The van der Waals surface area contributed by atoms with E-state index in [0.29, 0.717) is 0 Å². The zero-order chi connectivity index (χ0) is 8.93. The molecule has 0 spiro atoms. The molecule has 4 nitrogen and oxygen atoms in total. The van der Waals surface area contributed by atoms with Gasteiger partial charge in [0.15, 0.2) is 0 Å². The maximum Gasteiger partial charge on any atom is 0.0964 e. The second kappa shape index (κ2) is 4.07. The smallest absolute Gasteiger partial charge is 0.0964 e. The topological polar surface area (TPSA) is 42.2 Å². The summed E-state index contributed by atoms with van der Waals surface area (Å²) in [5.41, 5.74) is 0. The van der Waals surface area contributed by atoms with Gasteiger partial charge in [-0.3, -0.25) is 4.99 Å². The molecule has 70 valence electrons. The van der Waals surface area contributed by atoms with Gasteiger partial charge in [-0.1, -0.05) is 0 Å². The van der Waals surface area contributed by atoms with Gasteiger partial charge in [-0.2, -0.15) is 0 Å². The van der Waals surface area contributed by atoms with E-state index < -0.39 is 0 Å². The molecule has 0 radical (unpaired) electrons. The van der Waals surface area contributed by atoms with E-state index in [1.54, 1.807) is 6.20 Å². The Bertz CT molecular complexity index is 276. The lowest BCUT2D eigenvalue weighted by molar-refractivity contribution is 0.670. The summed E-state index contributed by atoms with van der Waals surface area (Å²) in [5.74, 6) is 1.17. The third-order valence-corrected chi connectivity index (χ3v) is 2.13. The number of imidazole rings is 1. The number of rotatable bonds is 3. The lowest BCUT2D eigenvalue weighted by atomic mass is 10.3. The minimum atomic E-state index is 0.940. The first-order valence-electron chi connectivity index (χ1n) is 4.68. The fourth-order valence-electron chi connectivity index (χ4n) is 1.43. The molecule has 1 aliphatic heterocycles. The number of nitrogens with zero attached hydrogens (tertiary/aromatic N) is 3. The molecule has 0 atom stereocenters. The van der Waals surface area contributed by atoms with E-state index in [-0.39, 0.29) is 0 Å². The summed E-state index contributed by atoms with van der Waals surface area (Å²) in [6.45, 7) is 2.89. The SMILES string of the molecule is c1cn(CCNC2=NCCC2)cn1. The van der Waals surface area contributed by atoms with Gasteiger partial charge in [0.2, 0.25) is 0 Å². The molecular weight excluding hydrogens is 164 g/mol. The van der Waals surface area contributed by atoms with Crippen LogP contribution < -0.4 is 5.32 Å². The fraction of sp³-hybridized carbons (Fsp3) is 0.556. The van der Waals surface area contributed by atoms with E-state index in [2.05, 4.69) is 19.9 Å². The van der Waals surface area contributed by atoms with Crippen molar-refractivity contribution in [2.75, 3.05) is 13.1 Å². The predicted molar refractivity (Wildman–Crippen MR) is 51.8 cm³/mol. The first-order chi connectivity index (χ1) is 6.45. The van der Waals surface area contributed by atoms with Gasteiger partial charge >= 0.3 is 0 Å². The lowest BCUT2D eigenvalue weighted by Gasteiger charge is -2.05. The van der Waals surface area contributed by atoms with Crippen LogP contribution in [0.3, 0.4) is 0 Å². The highest BCUT2D eigenvalue weighted by molar-refractivity contribution is 5.83. The molecule has 0 fully saturated rings. The maximum absolute atomic E-state index is 4.34. The van der Waals surface area contributed by atoms with Crippen LogP contribution in [-0.4, -0.2) is 28.5 Å². The first-order valence-corrected chi connectivity index (χ1v) is 4.68. The molecule has 2 rings (SSSR count). The molecule has 2 heterocycles. The molecule has 0 bridgehead atoms. The molecule has 0 saturated heterocycles. The van der Waals surface area contributed by atoms with Crippen molar-refractivity contribution in [1.29, 1.82) is 0 Å². The van der Waals surface area contributed by atoms with Crippen molar-refractivity contribution in [3.63, 3.8) is 0 Å². The van der Waals surface area contributed by atoms with E-state index in [1.807, 2.05) is 12.5 Å². The average Bonchev–Trinajstić information content (AvgIpc) is 2.75. The Morgan fingerprint density at radius 3 is 3.23 bits per heavy atom. The largest absolute Gasteiger partial charge is 0.372 e. The van der Waals surface area contributed by atoms with Gasteiger partial charge in [-0.25, -0.2) is 4.98 Å². The van der Waals surface area contributed by atoms with Crippen LogP contribution in [0.1, 0.15) is 12.8 Å².